The quantitative estimate of drug-likeness (QED) is 0.644. The van der Waals surface area contributed by atoms with E-state index in [1.54, 1.807) is 0 Å². The number of rotatable bonds is 1. The van der Waals surface area contributed by atoms with Crippen LogP contribution in [-0.2, 0) is 32.5 Å². The van der Waals surface area contributed by atoms with Gasteiger partial charge < -0.3 is 9.90 Å². The normalized spacial score (nSPS) is 31.3. The summed E-state index contributed by atoms with van der Waals surface area (Å²) < 4.78 is 0. The van der Waals surface area contributed by atoms with Gasteiger partial charge in [0.25, 0.3) is 0 Å². The summed E-state index contributed by atoms with van der Waals surface area (Å²) in [5.74, 6) is -0.681. The van der Waals surface area contributed by atoms with Gasteiger partial charge in [0.05, 0.1) is 0 Å². The van der Waals surface area contributed by atoms with Gasteiger partial charge in [-0.15, -0.1) is 0 Å². The first-order valence-corrected chi connectivity index (χ1v) is 3.42. The second kappa shape index (κ2) is 4.32. The molecule has 53 valence electrons. The standard InChI is InChI=1S/C7H12O2.Hg/c1-5-3-2-4-6(5)7(8)9;/h5-6H,2-4H2,1H3,(H,8,9);/q;+1/p-1. The van der Waals surface area contributed by atoms with Crippen LogP contribution in [0.5, 0.6) is 0 Å². The molecule has 2 unspecified atom stereocenters. The maximum Gasteiger partial charge on any atom is 1.00 e. The largest absolute Gasteiger partial charge is 1.00 e. The fraction of sp³-hybridized carbons (Fsp3) is 0.857. The van der Waals surface area contributed by atoms with Crippen LogP contribution in [0.3, 0.4) is 0 Å². The van der Waals surface area contributed by atoms with Gasteiger partial charge in [0.15, 0.2) is 0 Å². The zero-order valence-electron chi connectivity index (χ0n) is 6.30. The molecule has 0 amide bonds. The van der Waals surface area contributed by atoms with Crippen LogP contribution in [-0.4, -0.2) is 5.97 Å². The second-order valence-corrected chi connectivity index (χ2v) is 2.83. The van der Waals surface area contributed by atoms with Gasteiger partial charge in [0.2, 0.25) is 0 Å². The Morgan fingerprint density at radius 3 is 2.30 bits per heavy atom. The first-order valence-electron chi connectivity index (χ1n) is 3.42. The van der Waals surface area contributed by atoms with Crippen LogP contribution in [0.4, 0.5) is 0 Å². The van der Waals surface area contributed by atoms with E-state index in [-0.39, 0.29) is 33.6 Å². The molecule has 1 aliphatic rings. The molecule has 2 atom stereocenters. The van der Waals surface area contributed by atoms with E-state index in [4.69, 9.17) is 0 Å². The van der Waals surface area contributed by atoms with Crippen molar-refractivity contribution in [2.75, 3.05) is 0 Å². The maximum absolute atomic E-state index is 10.3. The predicted molar refractivity (Wildman–Crippen MR) is 31.5 cm³/mol. The minimum atomic E-state index is -0.861. The molecule has 0 saturated heterocycles. The molecule has 0 aromatic heterocycles. The van der Waals surface area contributed by atoms with Crippen LogP contribution < -0.4 is 5.11 Å². The summed E-state index contributed by atoms with van der Waals surface area (Å²) >= 11 is 0. The van der Waals surface area contributed by atoms with E-state index in [0.29, 0.717) is 5.92 Å². The predicted octanol–water partition coefficient (Wildman–Crippen LogP) is 0.170. The molecule has 0 aromatic rings. The molecule has 2 nitrogen and oxygen atoms in total. The van der Waals surface area contributed by atoms with Crippen molar-refractivity contribution in [2.45, 2.75) is 26.2 Å². The molecule has 0 aliphatic heterocycles. The Kier molecular flexibility index (Phi) is 4.49. The fourth-order valence-corrected chi connectivity index (χ4v) is 1.50. The summed E-state index contributed by atoms with van der Waals surface area (Å²) in [6, 6.07) is 0. The second-order valence-electron chi connectivity index (χ2n) is 2.83. The van der Waals surface area contributed by atoms with Crippen LogP contribution in [0, 0.1) is 11.8 Å². The van der Waals surface area contributed by atoms with Gasteiger partial charge in [0.1, 0.15) is 0 Å². The summed E-state index contributed by atoms with van der Waals surface area (Å²) in [6.07, 6.45) is 2.93. The van der Waals surface area contributed by atoms with E-state index < -0.39 is 5.97 Å². The maximum atomic E-state index is 10.3. The molecule has 3 heteroatoms. The molecule has 0 N–H and O–H groups in total. The van der Waals surface area contributed by atoms with E-state index in [9.17, 15) is 9.90 Å². The number of carbonyl (C=O) groups excluding carboxylic acids is 1. The van der Waals surface area contributed by atoms with Crippen LogP contribution >= 0.6 is 0 Å². The zero-order valence-corrected chi connectivity index (χ0v) is 11.8. The van der Waals surface area contributed by atoms with Crippen molar-refractivity contribution < 1.29 is 37.6 Å². The number of carboxylic acids is 1. The average molecular weight is 328 g/mol. The van der Waals surface area contributed by atoms with Crippen LogP contribution in [0.15, 0.2) is 0 Å². The van der Waals surface area contributed by atoms with Gasteiger partial charge in [-0.05, 0) is 12.3 Å². The molecule has 0 heterocycles. The van der Waals surface area contributed by atoms with Crippen LogP contribution in [0.2, 0.25) is 0 Å². The van der Waals surface area contributed by atoms with Gasteiger partial charge in [-0.1, -0.05) is 19.8 Å². The SMILES string of the molecule is CC1CCCC1C(=O)[O-].[Hg+]. The van der Waals surface area contributed by atoms with Gasteiger partial charge in [0, 0.05) is 11.9 Å². The summed E-state index contributed by atoms with van der Waals surface area (Å²) in [5, 5.41) is 10.3. The van der Waals surface area contributed by atoms with Crippen molar-refractivity contribution in [1.82, 2.24) is 0 Å². The van der Waals surface area contributed by atoms with Gasteiger partial charge in [-0.2, -0.15) is 0 Å². The average Bonchev–Trinajstić information content (AvgIpc) is 2.13. The minimum absolute atomic E-state index is 0. The first-order chi connectivity index (χ1) is 4.22. The Morgan fingerprint density at radius 1 is 1.50 bits per heavy atom. The third-order valence-corrected chi connectivity index (χ3v) is 2.16. The molecule has 1 radical (unpaired) electrons. The number of carboxylic acid groups (broad SMARTS) is 1. The Balaban J connectivity index is 0.000000810. The number of carbonyl (C=O) groups is 1. The molecular weight excluding hydrogens is 317 g/mol. The van der Waals surface area contributed by atoms with Gasteiger partial charge in [-0.25, -0.2) is 0 Å². The Morgan fingerprint density at radius 2 is 2.10 bits per heavy atom. The van der Waals surface area contributed by atoms with Crippen molar-refractivity contribution in [3.8, 4) is 0 Å². The molecule has 0 aromatic carbocycles. The molecule has 0 spiro atoms. The molecule has 1 rings (SSSR count). The van der Waals surface area contributed by atoms with Crippen molar-refractivity contribution in [1.29, 1.82) is 0 Å². The summed E-state index contributed by atoms with van der Waals surface area (Å²) in [5.41, 5.74) is 0. The monoisotopic (exact) mass is 329 g/mol. The van der Waals surface area contributed by atoms with Gasteiger partial charge >= 0.3 is 27.7 Å². The summed E-state index contributed by atoms with van der Waals surface area (Å²) in [4.78, 5) is 10.3. The van der Waals surface area contributed by atoms with Crippen molar-refractivity contribution >= 4 is 5.97 Å². The number of hydrogen-bond acceptors (Lipinski definition) is 2. The first kappa shape index (κ1) is 10.4. The summed E-state index contributed by atoms with van der Waals surface area (Å²) in [7, 11) is 0. The Labute approximate surface area is 81.5 Å². The third kappa shape index (κ3) is 2.22. The molecule has 1 saturated carbocycles. The smallest absolute Gasteiger partial charge is 0.550 e. The van der Waals surface area contributed by atoms with E-state index >= 15 is 0 Å². The molecular formula is C7H11HgO2. The minimum Gasteiger partial charge on any atom is -0.550 e. The zero-order chi connectivity index (χ0) is 6.85. The number of hydrogen-bond donors (Lipinski definition) is 0. The van der Waals surface area contributed by atoms with Gasteiger partial charge in [-0.3, -0.25) is 0 Å². The molecule has 0 bridgehead atoms. The third-order valence-electron chi connectivity index (χ3n) is 2.16. The molecule has 1 aliphatic carbocycles. The van der Waals surface area contributed by atoms with E-state index in [1.165, 1.54) is 0 Å². The van der Waals surface area contributed by atoms with Crippen LogP contribution in [0.25, 0.3) is 0 Å². The van der Waals surface area contributed by atoms with E-state index in [2.05, 4.69) is 0 Å². The number of aliphatic carboxylic acids is 1. The summed E-state index contributed by atoms with van der Waals surface area (Å²) in [6.45, 7) is 1.98. The Bertz CT molecular complexity index is 125. The van der Waals surface area contributed by atoms with Crippen molar-refractivity contribution in [3.05, 3.63) is 0 Å². The topological polar surface area (TPSA) is 40.1 Å². The van der Waals surface area contributed by atoms with E-state index in [1.807, 2.05) is 6.92 Å². The molecule has 10 heavy (non-hydrogen) atoms. The van der Waals surface area contributed by atoms with Crippen molar-refractivity contribution in [2.24, 2.45) is 11.8 Å². The molecule has 1 fully saturated rings. The Hall–Kier alpha value is 0.405. The van der Waals surface area contributed by atoms with Crippen molar-refractivity contribution in [3.63, 3.8) is 0 Å². The van der Waals surface area contributed by atoms with E-state index in [0.717, 1.165) is 19.3 Å². The van der Waals surface area contributed by atoms with Crippen LogP contribution in [0.1, 0.15) is 26.2 Å². The fourth-order valence-electron chi connectivity index (χ4n) is 1.50.